The van der Waals surface area contributed by atoms with Crippen molar-refractivity contribution in [3.63, 3.8) is 0 Å². The highest BCUT2D eigenvalue weighted by Crippen LogP contribution is 2.34. The van der Waals surface area contributed by atoms with E-state index in [1.807, 2.05) is 31.5 Å². The highest BCUT2D eigenvalue weighted by molar-refractivity contribution is 9.10. The molecule has 0 aliphatic rings. The lowest BCUT2D eigenvalue weighted by Gasteiger charge is -2.14. The Bertz CT molecular complexity index is 647. The molecule has 1 heterocycles. The van der Waals surface area contributed by atoms with E-state index in [1.54, 1.807) is 6.07 Å². The maximum atomic E-state index is 12.8. The Morgan fingerprint density at radius 2 is 1.90 bits per heavy atom. The van der Waals surface area contributed by atoms with Crippen LogP contribution in [0.5, 0.6) is 0 Å². The first kappa shape index (κ1) is 15.9. The third kappa shape index (κ3) is 3.78. The summed E-state index contributed by atoms with van der Waals surface area (Å²) in [4.78, 5) is 4.30. The Morgan fingerprint density at radius 3 is 2.48 bits per heavy atom. The van der Waals surface area contributed by atoms with Crippen LogP contribution in [0.2, 0.25) is 0 Å². The Balaban J connectivity index is 2.38. The van der Waals surface area contributed by atoms with Gasteiger partial charge in [-0.1, -0.05) is 15.9 Å². The van der Waals surface area contributed by atoms with Crippen LogP contribution in [-0.2, 0) is 6.18 Å². The van der Waals surface area contributed by atoms with Crippen molar-refractivity contribution in [2.75, 3.05) is 5.32 Å². The fraction of sp³-hybridized carbons (Fsp3) is 0.357. The quantitative estimate of drug-likeness (QED) is 0.803. The molecule has 1 aromatic carbocycles. The van der Waals surface area contributed by atoms with E-state index in [9.17, 15) is 13.2 Å². The van der Waals surface area contributed by atoms with Crippen LogP contribution in [0.4, 0.5) is 24.8 Å². The minimum absolute atomic E-state index is 0.155. The number of aromatic nitrogens is 2. The van der Waals surface area contributed by atoms with Gasteiger partial charge in [0.1, 0.15) is 0 Å². The summed E-state index contributed by atoms with van der Waals surface area (Å²) in [5.74, 6) is 0.522. The van der Waals surface area contributed by atoms with E-state index in [2.05, 4.69) is 26.2 Å². The molecule has 0 saturated carbocycles. The summed E-state index contributed by atoms with van der Waals surface area (Å²) in [6.45, 7) is 5.80. The molecule has 0 aliphatic heterocycles. The molecule has 0 bridgehead atoms. The second-order valence-corrected chi connectivity index (χ2v) is 5.97. The summed E-state index contributed by atoms with van der Waals surface area (Å²) in [6, 6.07) is 3.86. The van der Waals surface area contributed by atoms with Gasteiger partial charge in [-0.3, -0.25) is 0 Å². The largest absolute Gasteiger partial charge is 0.416 e. The smallest absolute Gasteiger partial charge is 0.326 e. The van der Waals surface area contributed by atoms with E-state index < -0.39 is 11.7 Å². The molecule has 0 fully saturated rings. The zero-order valence-corrected chi connectivity index (χ0v) is 13.4. The highest BCUT2D eigenvalue weighted by atomic mass is 79.9. The van der Waals surface area contributed by atoms with Crippen LogP contribution in [0, 0.1) is 6.92 Å². The average Bonchev–Trinajstić information content (AvgIpc) is 2.68. The topological polar surface area (TPSA) is 29.9 Å². The molecular weight excluding hydrogens is 347 g/mol. The van der Waals surface area contributed by atoms with Gasteiger partial charge in [-0.15, -0.1) is 0 Å². The number of nitrogens with one attached hydrogen (secondary N) is 1. The van der Waals surface area contributed by atoms with E-state index in [4.69, 9.17) is 0 Å². The second-order valence-electron chi connectivity index (χ2n) is 5.06. The Labute approximate surface area is 129 Å². The molecule has 0 spiro atoms. The average molecular weight is 362 g/mol. The van der Waals surface area contributed by atoms with Gasteiger partial charge in [0.25, 0.3) is 0 Å². The molecule has 0 radical (unpaired) electrons. The number of hydrogen-bond donors (Lipinski definition) is 1. The van der Waals surface area contributed by atoms with E-state index in [-0.39, 0.29) is 6.04 Å². The van der Waals surface area contributed by atoms with Crippen molar-refractivity contribution in [2.24, 2.45) is 0 Å². The van der Waals surface area contributed by atoms with Crippen molar-refractivity contribution in [1.29, 1.82) is 0 Å². The molecule has 0 unspecified atom stereocenters. The molecule has 0 aliphatic carbocycles. The maximum Gasteiger partial charge on any atom is 0.416 e. The Kier molecular flexibility index (Phi) is 4.32. The molecule has 7 heteroatoms. The number of aryl methyl sites for hydroxylation is 1. The number of hydrogen-bond acceptors (Lipinski definition) is 2. The van der Waals surface area contributed by atoms with E-state index in [1.165, 1.54) is 0 Å². The number of imidazole rings is 1. The molecule has 1 N–H and O–H groups in total. The SMILES string of the molecule is Cc1cn(C(C)C)c(Nc2cc(Br)cc(C(F)(F)F)c2)n1. The fourth-order valence-electron chi connectivity index (χ4n) is 1.96. The van der Waals surface area contributed by atoms with Crippen molar-refractivity contribution in [3.05, 3.63) is 40.1 Å². The van der Waals surface area contributed by atoms with Crippen LogP contribution < -0.4 is 5.32 Å². The summed E-state index contributed by atoms with van der Waals surface area (Å²) in [5, 5.41) is 2.95. The van der Waals surface area contributed by atoms with E-state index in [0.717, 1.165) is 17.8 Å². The summed E-state index contributed by atoms with van der Waals surface area (Å²) < 4.78 is 40.7. The second kappa shape index (κ2) is 5.71. The lowest BCUT2D eigenvalue weighted by Crippen LogP contribution is -2.08. The van der Waals surface area contributed by atoms with Crippen molar-refractivity contribution in [2.45, 2.75) is 33.0 Å². The molecule has 0 amide bonds. The predicted molar refractivity (Wildman–Crippen MR) is 79.8 cm³/mol. The monoisotopic (exact) mass is 361 g/mol. The van der Waals surface area contributed by atoms with Gasteiger partial charge in [-0.05, 0) is 39.0 Å². The zero-order chi connectivity index (χ0) is 15.8. The lowest BCUT2D eigenvalue weighted by atomic mass is 10.2. The van der Waals surface area contributed by atoms with Gasteiger partial charge in [0.05, 0.1) is 11.3 Å². The molecular formula is C14H15BrF3N3. The molecule has 0 atom stereocenters. The first-order chi connectivity index (χ1) is 9.66. The summed E-state index contributed by atoms with van der Waals surface area (Å²) in [5.41, 5.74) is 0.431. The van der Waals surface area contributed by atoms with Crippen LogP contribution in [0.1, 0.15) is 31.1 Å². The van der Waals surface area contributed by atoms with Crippen molar-refractivity contribution in [3.8, 4) is 0 Å². The van der Waals surface area contributed by atoms with E-state index >= 15 is 0 Å². The van der Waals surface area contributed by atoms with Gasteiger partial charge in [0.15, 0.2) is 0 Å². The van der Waals surface area contributed by atoms with Crippen molar-refractivity contribution >= 4 is 27.6 Å². The lowest BCUT2D eigenvalue weighted by molar-refractivity contribution is -0.137. The van der Waals surface area contributed by atoms with Gasteiger partial charge in [-0.2, -0.15) is 13.2 Å². The summed E-state index contributed by atoms with van der Waals surface area (Å²) in [6.07, 6.45) is -2.53. The predicted octanol–water partition coefficient (Wildman–Crippen LogP) is 5.30. The van der Waals surface area contributed by atoms with Gasteiger partial charge >= 0.3 is 6.18 Å². The van der Waals surface area contributed by atoms with Gasteiger partial charge in [0.2, 0.25) is 5.95 Å². The number of nitrogens with zero attached hydrogens (tertiary/aromatic N) is 2. The van der Waals surface area contributed by atoms with Crippen molar-refractivity contribution in [1.82, 2.24) is 9.55 Å². The molecule has 0 saturated heterocycles. The van der Waals surface area contributed by atoms with E-state index in [0.29, 0.717) is 16.1 Å². The molecule has 21 heavy (non-hydrogen) atoms. The number of halogens is 4. The number of rotatable bonds is 3. The first-order valence-electron chi connectivity index (χ1n) is 6.37. The first-order valence-corrected chi connectivity index (χ1v) is 7.16. The van der Waals surface area contributed by atoms with Gasteiger partial charge < -0.3 is 9.88 Å². The molecule has 1 aromatic heterocycles. The van der Waals surface area contributed by atoms with Crippen LogP contribution in [0.3, 0.4) is 0 Å². The molecule has 2 rings (SSSR count). The number of anilines is 2. The number of benzene rings is 1. The van der Waals surface area contributed by atoms with Crippen LogP contribution in [0.25, 0.3) is 0 Å². The summed E-state index contributed by atoms with van der Waals surface area (Å²) in [7, 11) is 0. The van der Waals surface area contributed by atoms with Crippen LogP contribution in [-0.4, -0.2) is 9.55 Å². The van der Waals surface area contributed by atoms with Gasteiger partial charge in [0, 0.05) is 22.4 Å². The molecule has 114 valence electrons. The minimum atomic E-state index is -4.39. The Hall–Kier alpha value is -1.50. The van der Waals surface area contributed by atoms with Crippen molar-refractivity contribution < 1.29 is 13.2 Å². The molecule has 3 nitrogen and oxygen atoms in total. The van der Waals surface area contributed by atoms with Crippen LogP contribution in [0.15, 0.2) is 28.9 Å². The number of alkyl halides is 3. The van der Waals surface area contributed by atoms with Crippen LogP contribution >= 0.6 is 15.9 Å². The minimum Gasteiger partial charge on any atom is -0.326 e. The third-order valence-electron chi connectivity index (χ3n) is 2.89. The maximum absolute atomic E-state index is 12.8. The molecule has 2 aromatic rings. The Morgan fingerprint density at radius 1 is 1.24 bits per heavy atom. The standard InChI is InChI=1S/C14H15BrF3N3/c1-8(2)21-7-9(3)19-13(21)20-12-5-10(14(16,17)18)4-11(15)6-12/h4-8H,1-3H3,(H,19,20). The normalized spacial score (nSPS) is 12.0. The third-order valence-corrected chi connectivity index (χ3v) is 3.35. The van der Waals surface area contributed by atoms with Gasteiger partial charge in [-0.25, -0.2) is 4.98 Å². The zero-order valence-electron chi connectivity index (χ0n) is 11.8. The summed E-state index contributed by atoms with van der Waals surface area (Å²) >= 11 is 3.10. The fourth-order valence-corrected chi connectivity index (χ4v) is 2.45. The highest BCUT2D eigenvalue weighted by Gasteiger charge is 2.31.